The third-order valence-electron chi connectivity index (χ3n) is 3.24. The molecule has 0 fully saturated rings. The molecule has 0 radical (unpaired) electrons. The molecule has 0 aliphatic rings. The Morgan fingerprint density at radius 2 is 1.95 bits per heavy atom. The van der Waals surface area contributed by atoms with Crippen LogP contribution in [-0.4, -0.2) is 14.9 Å². The molecular formula is C14H16BrClN2O. The predicted octanol–water partition coefficient (Wildman–Crippen LogP) is 3.59. The van der Waals surface area contributed by atoms with Gasteiger partial charge in [0.2, 0.25) is 0 Å². The van der Waals surface area contributed by atoms with Crippen LogP contribution in [0.15, 0.2) is 28.7 Å². The molecule has 5 heteroatoms. The standard InChI is InChI=1S/C14H16BrClN2O/c1-9-13(16)12(18(3)17-9)8-14(2,19)10-4-6-11(15)7-5-10/h4-7,19H,8H2,1-3H3. The molecule has 3 nitrogen and oxygen atoms in total. The molecule has 1 heterocycles. The van der Waals surface area contributed by atoms with Gasteiger partial charge in [-0.2, -0.15) is 5.10 Å². The van der Waals surface area contributed by atoms with Gasteiger partial charge in [0, 0.05) is 17.9 Å². The van der Waals surface area contributed by atoms with E-state index in [1.165, 1.54) is 0 Å². The summed E-state index contributed by atoms with van der Waals surface area (Å²) in [5, 5.41) is 15.6. The van der Waals surface area contributed by atoms with E-state index < -0.39 is 5.60 Å². The lowest BCUT2D eigenvalue weighted by Crippen LogP contribution is -2.25. The summed E-state index contributed by atoms with van der Waals surface area (Å²) in [5.74, 6) is 0. The van der Waals surface area contributed by atoms with Gasteiger partial charge in [-0.15, -0.1) is 0 Å². The van der Waals surface area contributed by atoms with Crippen molar-refractivity contribution >= 4 is 27.5 Å². The number of aliphatic hydroxyl groups is 1. The second-order valence-corrected chi connectivity index (χ2v) is 6.22. The monoisotopic (exact) mass is 342 g/mol. The highest BCUT2D eigenvalue weighted by molar-refractivity contribution is 9.10. The molecule has 2 aromatic rings. The Balaban J connectivity index is 2.33. The number of hydrogen-bond acceptors (Lipinski definition) is 2. The summed E-state index contributed by atoms with van der Waals surface area (Å²) in [6.07, 6.45) is 0.421. The maximum absolute atomic E-state index is 10.7. The van der Waals surface area contributed by atoms with Crippen molar-refractivity contribution in [3.8, 4) is 0 Å². The number of rotatable bonds is 3. The number of hydrogen-bond donors (Lipinski definition) is 1. The van der Waals surface area contributed by atoms with Crippen molar-refractivity contribution in [2.75, 3.05) is 0 Å². The number of halogens is 2. The molecule has 1 aromatic heterocycles. The van der Waals surface area contributed by atoms with E-state index in [1.54, 1.807) is 11.6 Å². The summed E-state index contributed by atoms with van der Waals surface area (Å²) < 4.78 is 2.71. The third-order valence-corrected chi connectivity index (χ3v) is 4.26. The van der Waals surface area contributed by atoms with Gasteiger partial charge in [-0.1, -0.05) is 39.7 Å². The lowest BCUT2D eigenvalue weighted by Gasteiger charge is -2.24. The summed E-state index contributed by atoms with van der Waals surface area (Å²) in [6.45, 7) is 3.65. The maximum Gasteiger partial charge on any atom is 0.0924 e. The molecule has 1 unspecified atom stereocenters. The quantitative estimate of drug-likeness (QED) is 0.925. The van der Waals surface area contributed by atoms with Gasteiger partial charge < -0.3 is 5.11 Å². The van der Waals surface area contributed by atoms with Gasteiger partial charge in [-0.05, 0) is 31.5 Å². The molecule has 1 atom stereocenters. The van der Waals surface area contributed by atoms with Gasteiger partial charge in [-0.3, -0.25) is 4.68 Å². The number of nitrogens with zero attached hydrogens (tertiary/aromatic N) is 2. The van der Waals surface area contributed by atoms with Crippen molar-refractivity contribution in [3.63, 3.8) is 0 Å². The van der Waals surface area contributed by atoms with E-state index in [1.807, 2.05) is 38.2 Å². The van der Waals surface area contributed by atoms with E-state index in [4.69, 9.17) is 11.6 Å². The Kier molecular flexibility index (Phi) is 4.04. The zero-order valence-electron chi connectivity index (χ0n) is 11.1. The van der Waals surface area contributed by atoms with Crippen molar-refractivity contribution in [1.82, 2.24) is 9.78 Å². The van der Waals surface area contributed by atoms with Crippen LogP contribution in [0.25, 0.3) is 0 Å². The smallest absolute Gasteiger partial charge is 0.0924 e. The molecule has 0 saturated carbocycles. The summed E-state index contributed by atoms with van der Waals surface area (Å²) in [4.78, 5) is 0. The molecule has 0 saturated heterocycles. The molecule has 0 aliphatic carbocycles. The minimum Gasteiger partial charge on any atom is -0.385 e. The molecule has 0 amide bonds. The Morgan fingerprint density at radius 3 is 2.42 bits per heavy atom. The minimum atomic E-state index is -0.982. The fraction of sp³-hybridized carbons (Fsp3) is 0.357. The highest BCUT2D eigenvalue weighted by atomic mass is 79.9. The van der Waals surface area contributed by atoms with Gasteiger partial charge in [0.15, 0.2) is 0 Å². The summed E-state index contributed by atoms with van der Waals surface area (Å²) in [7, 11) is 1.84. The average molecular weight is 344 g/mol. The van der Waals surface area contributed by atoms with Crippen molar-refractivity contribution < 1.29 is 5.11 Å². The van der Waals surface area contributed by atoms with Crippen molar-refractivity contribution in [1.29, 1.82) is 0 Å². The van der Waals surface area contributed by atoms with Gasteiger partial charge in [0.1, 0.15) is 0 Å². The van der Waals surface area contributed by atoms with Crippen molar-refractivity contribution in [2.45, 2.75) is 25.9 Å². The Morgan fingerprint density at radius 1 is 1.37 bits per heavy atom. The normalized spacial score (nSPS) is 14.4. The van der Waals surface area contributed by atoms with Gasteiger partial charge >= 0.3 is 0 Å². The van der Waals surface area contributed by atoms with Crippen LogP contribution in [-0.2, 0) is 19.1 Å². The first kappa shape index (κ1) is 14.6. The zero-order chi connectivity index (χ0) is 14.2. The Labute approximate surface area is 126 Å². The first-order chi connectivity index (χ1) is 8.81. The SMILES string of the molecule is Cc1nn(C)c(CC(C)(O)c2ccc(Br)cc2)c1Cl. The molecule has 0 spiro atoms. The van der Waals surface area contributed by atoms with Crippen LogP contribution in [0.4, 0.5) is 0 Å². The van der Waals surface area contributed by atoms with E-state index >= 15 is 0 Å². The van der Waals surface area contributed by atoms with E-state index in [2.05, 4.69) is 21.0 Å². The third kappa shape index (κ3) is 3.02. The minimum absolute atomic E-state index is 0.421. The number of aryl methyl sites for hydroxylation is 2. The van der Waals surface area contributed by atoms with Crippen LogP contribution in [0, 0.1) is 6.92 Å². The fourth-order valence-electron chi connectivity index (χ4n) is 2.11. The molecule has 2 rings (SSSR count). The van der Waals surface area contributed by atoms with Crippen LogP contribution < -0.4 is 0 Å². The molecule has 19 heavy (non-hydrogen) atoms. The van der Waals surface area contributed by atoms with Crippen LogP contribution >= 0.6 is 27.5 Å². The molecule has 102 valence electrons. The van der Waals surface area contributed by atoms with Crippen LogP contribution in [0.5, 0.6) is 0 Å². The molecule has 0 aliphatic heterocycles. The van der Waals surface area contributed by atoms with Crippen molar-refractivity contribution in [2.24, 2.45) is 7.05 Å². The molecular weight excluding hydrogens is 328 g/mol. The number of aromatic nitrogens is 2. The lowest BCUT2D eigenvalue weighted by molar-refractivity contribution is 0.0556. The van der Waals surface area contributed by atoms with Gasteiger partial charge in [0.05, 0.1) is 22.0 Å². The summed E-state index contributed by atoms with van der Waals surface area (Å²) >= 11 is 9.62. The predicted molar refractivity (Wildman–Crippen MR) is 80.4 cm³/mol. The van der Waals surface area contributed by atoms with Gasteiger partial charge in [0.25, 0.3) is 0 Å². The maximum atomic E-state index is 10.7. The van der Waals surface area contributed by atoms with E-state index in [0.29, 0.717) is 11.4 Å². The Hall–Kier alpha value is -0.840. The highest BCUT2D eigenvalue weighted by Gasteiger charge is 2.27. The lowest BCUT2D eigenvalue weighted by atomic mass is 9.91. The molecule has 1 N–H and O–H groups in total. The molecule has 0 bridgehead atoms. The van der Waals surface area contributed by atoms with Crippen LogP contribution in [0.2, 0.25) is 5.02 Å². The average Bonchev–Trinajstić information content (AvgIpc) is 2.56. The Bertz CT molecular complexity index is 590. The highest BCUT2D eigenvalue weighted by Crippen LogP contribution is 2.30. The summed E-state index contributed by atoms with van der Waals surface area (Å²) in [6, 6.07) is 7.64. The first-order valence-corrected chi connectivity index (χ1v) is 7.15. The van der Waals surface area contributed by atoms with E-state index in [0.717, 1.165) is 21.4 Å². The second kappa shape index (κ2) is 5.27. The fourth-order valence-corrected chi connectivity index (χ4v) is 2.60. The topological polar surface area (TPSA) is 38.0 Å². The van der Waals surface area contributed by atoms with E-state index in [9.17, 15) is 5.11 Å². The molecule has 1 aromatic carbocycles. The van der Waals surface area contributed by atoms with Crippen molar-refractivity contribution in [3.05, 3.63) is 50.7 Å². The second-order valence-electron chi connectivity index (χ2n) is 4.93. The first-order valence-electron chi connectivity index (χ1n) is 5.97. The van der Waals surface area contributed by atoms with E-state index in [-0.39, 0.29) is 0 Å². The van der Waals surface area contributed by atoms with Crippen LogP contribution in [0.1, 0.15) is 23.9 Å². The summed E-state index contributed by atoms with van der Waals surface area (Å²) in [5.41, 5.74) is 1.49. The zero-order valence-corrected chi connectivity index (χ0v) is 13.5. The number of benzene rings is 1. The largest absolute Gasteiger partial charge is 0.385 e. The van der Waals surface area contributed by atoms with Crippen LogP contribution in [0.3, 0.4) is 0 Å². The van der Waals surface area contributed by atoms with Gasteiger partial charge in [-0.25, -0.2) is 0 Å².